The molecule has 0 radical (unpaired) electrons. The van der Waals surface area contributed by atoms with Crippen molar-refractivity contribution in [2.75, 3.05) is 20.2 Å². The number of aryl methyl sites for hydroxylation is 1. The number of nitrogens with zero attached hydrogens (tertiary/aromatic N) is 3. The van der Waals surface area contributed by atoms with E-state index in [-0.39, 0.29) is 23.4 Å². The Morgan fingerprint density at radius 3 is 2.86 bits per heavy atom. The lowest BCUT2D eigenvalue weighted by molar-refractivity contribution is -0.126. The molecule has 0 bridgehead atoms. The Bertz CT molecular complexity index is 926. The number of piperidine rings is 1. The minimum Gasteiger partial charge on any atom is -0.496 e. The third-order valence-electron chi connectivity index (χ3n) is 4.98. The van der Waals surface area contributed by atoms with Crippen LogP contribution in [0.1, 0.15) is 25.3 Å². The molecule has 1 N–H and O–H groups in total. The van der Waals surface area contributed by atoms with Gasteiger partial charge in [0, 0.05) is 37.9 Å². The van der Waals surface area contributed by atoms with Gasteiger partial charge < -0.3 is 14.6 Å². The van der Waals surface area contributed by atoms with E-state index in [0.29, 0.717) is 38.2 Å². The number of sulfonamides is 1. The summed E-state index contributed by atoms with van der Waals surface area (Å²) in [5.41, 5.74) is 0.878. The number of ether oxygens (including phenoxy) is 1. The molecule has 1 aliphatic rings. The second kappa shape index (κ2) is 8.74. The van der Waals surface area contributed by atoms with Crippen molar-refractivity contribution in [2.24, 2.45) is 5.92 Å². The molecule has 0 unspecified atom stereocenters. The van der Waals surface area contributed by atoms with Crippen molar-refractivity contribution in [1.29, 1.82) is 0 Å². The van der Waals surface area contributed by atoms with Crippen LogP contribution in [0.15, 0.2) is 41.8 Å². The average molecular weight is 407 g/mol. The highest BCUT2D eigenvalue weighted by molar-refractivity contribution is 7.89. The van der Waals surface area contributed by atoms with Gasteiger partial charge in [-0.25, -0.2) is 13.4 Å². The zero-order valence-electron chi connectivity index (χ0n) is 16.2. The Morgan fingerprint density at radius 2 is 2.14 bits per heavy atom. The summed E-state index contributed by atoms with van der Waals surface area (Å²) in [7, 11) is -2.11. The first-order valence-corrected chi connectivity index (χ1v) is 10.8. The summed E-state index contributed by atoms with van der Waals surface area (Å²) >= 11 is 0. The first kappa shape index (κ1) is 20.3. The summed E-state index contributed by atoms with van der Waals surface area (Å²) in [5.74, 6) is 0.179. The highest BCUT2D eigenvalue weighted by Gasteiger charge is 2.34. The fourth-order valence-electron chi connectivity index (χ4n) is 3.33. The van der Waals surface area contributed by atoms with Crippen LogP contribution in [0.25, 0.3) is 0 Å². The SMILES string of the molecule is CCn1cnc(S(=O)(=O)N2CCC[C@@H](C(=O)NCc3ccccc3OC)C2)c1. The average Bonchev–Trinajstić information content (AvgIpc) is 3.22. The van der Waals surface area contributed by atoms with Crippen LogP contribution in [0.4, 0.5) is 0 Å². The number of nitrogens with one attached hydrogen (secondary N) is 1. The van der Waals surface area contributed by atoms with Gasteiger partial charge in [0.05, 0.1) is 19.4 Å². The molecule has 152 valence electrons. The molecule has 0 spiro atoms. The van der Waals surface area contributed by atoms with E-state index >= 15 is 0 Å². The number of benzene rings is 1. The number of carbonyl (C=O) groups excluding carboxylic acids is 1. The third-order valence-corrected chi connectivity index (χ3v) is 6.73. The van der Waals surface area contributed by atoms with E-state index in [4.69, 9.17) is 4.74 Å². The fourth-order valence-corrected chi connectivity index (χ4v) is 4.79. The molecule has 2 aromatic rings. The normalized spacial score (nSPS) is 18.0. The lowest BCUT2D eigenvalue weighted by Crippen LogP contribution is -2.45. The zero-order valence-corrected chi connectivity index (χ0v) is 17.0. The molecule has 1 aromatic carbocycles. The van der Waals surface area contributed by atoms with Crippen LogP contribution < -0.4 is 10.1 Å². The van der Waals surface area contributed by atoms with Crippen molar-refractivity contribution in [3.63, 3.8) is 0 Å². The maximum atomic E-state index is 12.8. The van der Waals surface area contributed by atoms with Crippen LogP contribution in [0.5, 0.6) is 5.75 Å². The number of hydrogen-bond acceptors (Lipinski definition) is 5. The molecule has 1 aliphatic heterocycles. The zero-order chi connectivity index (χ0) is 20.1. The fraction of sp³-hybridized carbons (Fsp3) is 0.474. The number of rotatable bonds is 7. The van der Waals surface area contributed by atoms with Crippen molar-refractivity contribution in [2.45, 2.75) is 37.9 Å². The Kier molecular flexibility index (Phi) is 6.35. The van der Waals surface area contributed by atoms with Crippen molar-refractivity contribution < 1.29 is 17.9 Å². The van der Waals surface area contributed by atoms with Gasteiger partial charge in [-0.15, -0.1) is 0 Å². The Morgan fingerprint density at radius 1 is 1.36 bits per heavy atom. The van der Waals surface area contributed by atoms with E-state index < -0.39 is 10.0 Å². The molecule has 3 rings (SSSR count). The van der Waals surface area contributed by atoms with E-state index in [1.807, 2.05) is 31.2 Å². The topological polar surface area (TPSA) is 93.5 Å². The molecule has 9 heteroatoms. The molecule has 1 atom stereocenters. The number of imidazole rings is 1. The monoisotopic (exact) mass is 406 g/mol. The molecule has 28 heavy (non-hydrogen) atoms. The van der Waals surface area contributed by atoms with Crippen molar-refractivity contribution >= 4 is 15.9 Å². The van der Waals surface area contributed by atoms with Gasteiger partial charge in [0.25, 0.3) is 10.0 Å². The van der Waals surface area contributed by atoms with Crippen LogP contribution in [-0.2, 0) is 27.9 Å². The summed E-state index contributed by atoms with van der Waals surface area (Å²) in [6.07, 6.45) is 4.34. The largest absolute Gasteiger partial charge is 0.496 e. The highest BCUT2D eigenvalue weighted by atomic mass is 32.2. The Labute approximate surface area is 165 Å². The number of methoxy groups -OCH3 is 1. The smallest absolute Gasteiger partial charge is 0.262 e. The molecule has 2 heterocycles. The van der Waals surface area contributed by atoms with Crippen LogP contribution in [0.3, 0.4) is 0 Å². The lowest BCUT2D eigenvalue weighted by atomic mass is 9.98. The van der Waals surface area contributed by atoms with Gasteiger partial charge in [-0.2, -0.15) is 4.31 Å². The van der Waals surface area contributed by atoms with Crippen LogP contribution in [0.2, 0.25) is 0 Å². The molecule has 1 fully saturated rings. The van der Waals surface area contributed by atoms with Crippen molar-refractivity contribution in [3.05, 3.63) is 42.4 Å². The molecule has 0 saturated carbocycles. The van der Waals surface area contributed by atoms with Crippen LogP contribution in [-0.4, -0.2) is 48.4 Å². The predicted octanol–water partition coefficient (Wildman–Crippen LogP) is 1.63. The number of amides is 1. The Hall–Kier alpha value is -2.39. The second-order valence-electron chi connectivity index (χ2n) is 6.77. The molecule has 0 aliphatic carbocycles. The lowest BCUT2D eigenvalue weighted by Gasteiger charge is -2.30. The van der Waals surface area contributed by atoms with Gasteiger partial charge in [-0.05, 0) is 25.8 Å². The van der Waals surface area contributed by atoms with E-state index in [2.05, 4.69) is 10.3 Å². The molecular weight excluding hydrogens is 380 g/mol. The van der Waals surface area contributed by atoms with E-state index in [0.717, 1.165) is 5.56 Å². The summed E-state index contributed by atoms with van der Waals surface area (Å²) < 4.78 is 34.1. The Balaban J connectivity index is 1.64. The maximum Gasteiger partial charge on any atom is 0.262 e. The number of para-hydroxylation sites is 1. The van der Waals surface area contributed by atoms with Crippen molar-refractivity contribution in [3.8, 4) is 5.75 Å². The van der Waals surface area contributed by atoms with Gasteiger partial charge in [-0.1, -0.05) is 18.2 Å². The van der Waals surface area contributed by atoms with Crippen molar-refractivity contribution in [1.82, 2.24) is 19.2 Å². The summed E-state index contributed by atoms with van der Waals surface area (Å²) in [6.45, 7) is 3.47. The first-order chi connectivity index (χ1) is 13.5. The summed E-state index contributed by atoms with van der Waals surface area (Å²) in [5, 5.41) is 2.94. The minimum absolute atomic E-state index is 0.0319. The molecular formula is C19H26N4O4S. The molecule has 1 amide bonds. The van der Waals surface area contributed by atoms with Gasteiger partial charge in [-0.3, -0.25) is 4.79 Å². The number of carbonyl (C=O) groups is 1. The second-order valence-corrected chi connectivity index (χ2v) is 8.66. The number of aromatic nitrogens is 2. The van der Waals surface area contributed by atoms with Crippen LogP contribution >= 0.6 is 0 Å². The predicted molar refractivity (Wildman–Crippen MR) is 104 cm³/mol. The third kappa shape index (κ3) is 4.36. The molecule has 1 aromatic heterocycles. The van der Waals surface area contributed by atoms with Crippen LogP contribution in [0, 0.1) is 5.92 Å². The molecule has 8 nitrogen and oxygen atoms in total. The van der Waals surface area contributed by atoms with Gasteiger partial charge in [0.1, 0.15) is 5.75 Å². The van der Waals surface area contributed by atoms with Gasteiger partial charge >= 0.3 is 0 Å². The summed E-state index contributed by atoms with van der Waals surface area (Å²) in [4.78, 5) is 16.7. The first-order valence-electron chi connectivity index (χ1n) is 9.37. The van der Waals surface area contributed by atoms with E-state index in [9.17, 15) is 13.2 Å². The van der Waals surface area contributed by atoms with Gasteiger partial charge in [0.2, 0.25) is 5.91 Å². The van der Waals surface area contributed by atoms with Gasteiger partial charge in [0.15, 0.2) is 5.03 Å². The summed E-state index contributed by atoms with van der Waals surface area (Å²) in [6, 6.07) is 7.48. The minimum atomic E-state index is -3.69. The van der Waals surface area contributed by atoms with E-state index in [1.165, 1.54) is 16.8 Å². The standard InChI is InChI=1S/C19H26N4O4S/c1-3-22-13-18(21-14-22)28(25,26)23-10-6-8-16(12-23)19(24)20-11-15-7-4-5-9-17(15)27-2/h4-5,7,9,13-14,16H,3,6,8,10-12H2,1-2H3,(H,20,24)/t16-/m1/s1. The highest BCUT2D eigenvalue weighted by Crippen LogP contribution is 2.24. The van der Waals surface area contributed by atoms with E-state index in [1.54, 1.807) is 11.7 Å². The number of hydrogen-bond donors (Lipinski definition) is 1. The maximum absolute atomic E-state index is 12.8. The quantitative estimate of drug-likeness (QED) is 0.754. The molecule has 1 saturated heterocycles.